The molecule has 0 heterocycles. The lowest BCUT2D eigenvalue weighted by molar-refractivity contribution is -0.146. The first-order valence-corrected chi connectivity index (χ1v) is 4.82. The minimum Gasteiger partial charge on any atom is -0.480 e. The molecule has 0 aliphatic rings. The van der Waals surface area contributed by atoms with Crippen LogP contribution in [0.3, 0.4) is 0 Å². The van der Waals surface area contributed by atoms with Gasteiger partial charge in [-0.15, -0.1) is 0 Å². The number of benzene rings is 1. The minimum absolute atomic E-state index is 0.303. The zero-order valence-corrected chi connectivity index (χ0v) is 9.30. The molecule has 0 bridgehead atoms. The molecule has 1 aromatic carbocycles. The van der Waals surface area contributed by atoms with Crippen molar-refractivity contribution in [1.29, 1.82) is 0 Å². The summed E-state index contributed by atoms with van der Waals surface area (Å²) in [7, 11) is 1.31. The SMILES string of the molecule is CNC(C)(C(=O)O)c1ccccc1C(F)(F)F. The summed E-state index contributed by atoms with van der Waals surface area (Å²) in [6, 6.07) is 4.63. The Balaban J connectivity index is 3.46. The van der Waals surface area contributed by atoms with Crippen LogP contribution >= 0.6 is 0 Å². The molecule has 0 amide bonds. The van der Waals surface area contributed by atoms with Crippen LogP contribution in [0.1, 0.15) is 18.1 Å². The first-order valence-electron chi connectivity index (χ1n) is 4.82. The fourth-order valence-electron chi connectivity index (χ4n) is 1.52. The van der Waals surface area contributed by atoms with E-state index in [4.69, 9.17) is 5.11 Å². The summed E-state index contributed by atoms with van der Waals surface area (Å²) in [5.41, 5.74) is -3.02. The molecule has 3 nitrogen and oxygen atoms in total. The van der Waals surface area contributed by atoms with Crippen LogP contribution in [0, 0.1) is 0 Å². The van der Waals surface area contributed by atoms with E-state index in [9.17, 15) is 18.0 Å². The van der Waals surface area contributed by atoms with Gasteiger partial charge < -0.3 is 10.4 Å². The van der Waals surface area contributed by atoms with Crippen LogP contribution in [0.25, 0.3) is 0 Å². The van der Waals surface area contributed by atoms with E-state index in [1.54, 1.807) is 0 Å². The molecule has 0 aliphatic carbocycles. The zero-order valence-electron chi connectivity index (χ0n) is 9.30. The van der Waals surface area contributed by atoms with Crippen molar-refractivity contribution in [3.8, 4) is 0 Å². The van der Waals surface area contributed by atoms with Gasteiger partial charge in [0.25, 0.3) is 0 Å². The summed E-state index contributed by atoms with van der Waals surface area (Å²) in [5, 5.41) is 11.5. The van der Waals surface area contributed by atoms with Crippen LogP contribution in [0.4, 0.5) is 13.2 Å². The summed E-state index contributed by atoms with van der Waals surface area (Å²) in [6.07, 6.45) is -4.58. The molecule has 0 aromatic heterocycles. The van der Waals surface area contributed by atoms with Crippen LogP contribution in [-0.2, 0) is 16.5 Å². The van der Waals surface area contributed by atoms with Crippen molar-refractivity contribution < 1.29 is 23.1 Å². The number of alkyl halides is 3. The Labute approximate surface area is 96.3 Å². The average molecular weight is 247 g/mol. The topological polar surface area (TPSA) is 49.3 Å². The standard InChI is InChI=1S/C11H12F3NO2/c1-10(15-2,9(16)17)7-5-3-4-6-8(7)11(12,13)14/h3-6,15H,1-2H3,(H,16,17). The number of carboxylic acid groups (broad SMARTS) is 1. The second kappa shape index (κ2) is 4.37. The molecule has 0 saturated heterocycles. The molecule has 1 aromatic rings. The molecule has 0 radical (unpaired) electrons. The normalized spacial score (nSPS) is 15.4. The summed E-state index contributed by atoms with van der Waals surface area (Å²) in [6.45, 7) is 1.19. The van der Waals surface area contributed by atoms with Gasteiger partial charge in [0.2, 0.25) is 0 Å². The van der Waals surface area contributed by atoms with Gasteiger partial charge in [-0.2, -0.15) is 13.2 Å². The molecule has 0 spiro atoms. The lowest BCUT2D eigenvalue weighted by Crippen LogP contribution is -2.45. The second-order valence-corrected chi connectivity index (χ2v) is 3.72. The van der Waals surface area contributed by atoms with Gasteiger partial charge in [-0.1, -0.05) is 18.2 Å². The number of rotatable bonds is 3. The highest BCUT2D eigenvalue weighted by molar-refractivity contribution is 5.80. The maximum absolute atomic E-state index is 12.8. The highest BCUT2D eigenvalue weighted by atomic mass is 19.4. The maximum Gasteiger partial charge on any atom is 0.416 e. The molecule has 1 rings (SSSR count). The number of hydrogen-bond donors (Lipinski definition) is 2. The number of likely N-dealkylation sites (N-methyl/N-ethyl adjacent to an activating group) is 1. The second-order valence-electron chi connectivity index (χ2n) is 3.72. The first-order chi connectivity index (χ1) is 7.73. The molecule has 0 aliphatic heterocycles. The largest absolute Gasteiger partial charge is 0.480 e. The van der Waals surface area contributed by atoms with Crippen LogP contribution in [0.15, 0.2) is 24.3 Å². The quantitative estimate of drug-likeness (QED) is 0.861. The van der Waals surface area contributed by atoms with Crippen LogP contribution < -0.4 is 5.32 Å². The van der Waals surface area contributed by atoms with Gasteiger partial charge in [-0.3, -0.25) is 0 Å². The molecule has 1 atom stereocenters. The van der Waals surface area contributed by atoms with Gasteiger partial charge in [0, 0.05) is 0 Å². The third-order valence-corrected chi connectivity index (χ3v) is 2.70. The molecule has 6 heteroatoms. The number of nitrogens with one attached hydrogen (secondary N) is 1. The Morgan fingerprint density at radius 2 is 1.71 bits per heavy atom. The van der Waals surface area contributed by atoms with Gasteiger partial charge >= 0.3 is 12.1 Å². The van der Waals surface area contributed by atoms with Crippen LogP contribution in [-0.4, -0.2) is 18.1 Å². The van der Waals surface area contributed by atoms with Crippen LogP contribution in [0.5, 0.6) is 0 Å². The van der Waals surface area contributed by atoms with Crippen molar-refractivity contribution >= 4 is 5.97 Å². The average Bonchev–Trinajstić information content (AvgIpc) is 2.26. The smallest absolute Gasteiger partial charge is 0.416 e. The molecule has 2 N–H and O–H groups in total. The molecule has 17 heavy (non-hydrogen) atoms. The van der Waals surface area contributed by atoms with E-state index < -0.39 is 23.2 Å². The summed E-state index contributed by atoms with van der Waals surface area (Å²) in [4.78, 5) is 11.1. The van der Waals surface area contributed by atoms with E-state index in [0.29, 0.717) is 0 Å². The highest BCUT2D eigenvalue weighted by Gasteiger charge is 2.42. The lowest BCUT2D eigenvalue weighted by atomic mass is 9.88. The van der Waals surface area contributed by atoms with Gasteiger partial charge in [-0.25, -0.2) is 4.79 Å². The van der Waals surface area contributed by atoms with E-state index in [0.717, 1.165) is 12.1 Å². The van der Waals surface area contributed by atoms with Gasteiger partial charge in [0.05, 0.1) is 5.56 Å². The van der Waals surface area contributed by atoms with Gasteiger partial charge in [0.1, 0.15) is 5.54 Å². The van der Waals surface area contributed by atoms with Gasteiger partial charge in [0.15, 0.2) is 0 Å². The molecule has 94 valence electrons. The van der Waals surface area contributed by atoms with E-state index in [1.165, 1.54) is 26.1 Å². The van der Waals surface area contributed by atoms with E-state index in [1.807, 2.05) is 0 Å². The number of carbonyl (C=O) groups is 1. The van der Waals surface area contributed by atoms with Crippen molar-refractivity contribution in [2.24, 2.45) is 0 Å². The zero-order chi connectivity index (χ0) is 13.3. The third kappa shape index (κ3) is 2.41. The number of hydrogen-bond acceptors (Lipinski definition) is 2. The Bertz CT molecular complexity index is 431. The Hall–Kier alpha value is -1.56. The Morgan fingerprint density at radius 1 is 1.24 bits per heavy atom. The van der Waals surface area contributed by atoms with Crippen molar-refractivity contribution in [2.45, 2.75) is 18.6 Å². The predicted octanol–water partition coefficient (Wildman–Crippen LogP) is 2.22. The molecule has 0 saturated carbocycles. The molecular formula is C11H12F3NO2. The first kappa shape index (κ1) is 13.5. The number of halogens is 3. The molecule has 0 fully saturated rings. The van der Waals surface area contributed by atoms with E-state index in [-0.39, 0.29) is 5.56 Å². The van der Waals surface area contributed by atoms with E-state index in [2.05, 4.69) is 5.32 Å². The Morgan fingerprint density at radius 3 is 2.06 bits per heavy atom. The number of aliphatic carboxylic acids is 1. The maximum atomic E-state index is 12.8. The number of carboxylic acids is 1. The minimum atomic E-state index is -4.58. The molecule has 1 unspecified atom stereocenters. The van der Waals surface area contributed by atoms with Crippen molar-refractivity contribution in [3.05, 3.63) is 35.4 Å². The Kier molecular flexibility index (Phi) is 3.47. The van der Waals surface area contributed by atoms with Gasteiger partial charge in [-0.05, 0) is 25.6 Å². The lowest BCUT2D eigenvalue weighted by Gasteiger charge is -2.27. The van der Waals surface area contributed by atoms with Crippen molar-refractivity contribution in [1.82, 2.24) is 5.32 Å². The predicted molar refractivity (Wildman–Crippen MR) is 55.5 cm³/mol. The van der Waals surface area contributed by atoms with Crippen molar-refractivity contribution in [3.63, 3.8) is 0 Å². The monoisotopic (exact) mass is 247 g/mol. The summed E-state index contributed by atoms with van der Waals surface area (Å²) in [5.74, 6) is -1.36. The fourth-order valence-corrected chi connectivity index (χ4v) is 1.52. The third-order valence-electron chi connectivity index (χ3n) is 2.70. The summed E-state index contributed by atoms with van der Waals surface area (Å²) < 4.78 is 38.3. The van der Waals surface area contributed by atoms with E-state index >= 15 is 0 Å². The summed E-state index contributed by atoms with van der Waals surface area (Å²) >= 11 is 0. The van der Waals surface area contributed by atoms with Crippen LogP contribution in [0.2, 0.25) is 0 Å². The fraction of sp³-hybridized carbons (Fsp3) is 0.364. The molecular weight excluding hydrogens is 235 g/mol. The highest BCUT2D eigenvalue weighted by Crippen LogP contribution is 2.36. The van der Waals surface area contributed by atoms with Crippen molar-refractivity contribution in [2.75, 3.05) is 7.05 Å².